The fourth-order valence-corrected chi connectivity index (χ4v) is 1.51. The predicted molar refractivity (Wildman–Crippen MR) is 57.7 cm³/mol. The largest absolute Gasteiger partial charge is 0.380 e. The summed E-state index contributed by atoms with van der Waals surface area (Å²) >= 11 is 3.42. The maximum absolute atomic E-state index is 5.30. The topological polar surface area (TPSA) is 35.2 Å². The molecule has 1 rings (SSSR count). The third-order valence-electron chi connectivity index (χ3n) is 1.69. The van der Waals surface area contributed by atoms with Gasteiger partial charge in [0.1, 0.15) is 0 Å². The van der Waals surface area contributed by atoms with Crippen LogP contribution >= 0.6 is 15.9 Å². The number of benzene rings is 1. The Bertz CT molecular complexity index is 252. The quantitative estimate of drug-likeness (QED) is 0.803. The van der Waals surface area contributed by atoms with Crippen molar-refractivity contribution in [3.05, 3.63) is 34.3 Å². The Morgan fingerprint density at radius 3 is 2.85 bits per heavy atom. The van der Waals surface area contributed by atoms with Gasteiger partial charge >= 0.3 is 0 Å². The Morgan fingerprint density at radius 2 is 2.15 bits per heavy atom. The summed E-state index contributed by atoms with van der Waals surface area (Å²) in [6, 6.07) is 8.24. The summed E-state index contributed by atoms with van der Waals surface area (Å²) in [5.74, 6) is 0. The molecular formula is C10H14BrNO. The van der Waals surface area contributed by atoms with Gasteiger partial charge in [-0.05, 0) is 24.1 Å². The molecule has 0 saturated carbocycles. The molecule has 0 radical (unpaired) electrons. The SMILES string of the molecule is NCCOCCc1cccc(Br)c1. The van der Waals surface area contributed by atoms with E-state index >= 15 is 0 Å². The van der Waals surface area contributed by atoms with Crippen molar-refractivity contribution in [1.29, 1.82) is 0 Å². The molecule has 72 valence electrons. The van der Waals surface area contributed by atoms with Crippen LogP contribution in [0.3, 0.4) is 0 Å². The van der Waals surface area contributed by atoms with Gasteiger partial charge in [-0.1, -0.05) is 28.1 Å². The van der Waals surface area contributed by atoms with Crippen LogP contribution in [-0.2, 0) is 11.2 Å². The number of halogens is 1. The molecule has 1 aromatic carbocycles. The van der Waals surface area contributed by atoms with E-state index in [9.17, 15) is 0 Å². The summed E-state index contributed by atoms with van der Waals surface area (Å²) in [4.78, 5) is 0. The Labute approximate surface area is 87.2 Å². The molecule has 3 heteroatoms. The Hall–Kier alpha value is -0.380. The first-order valence-corrected chi connectivity index (χ1v) is 5.14. The van der Waals surface area contributed by atoms with E-state index in [1.54, 1.807) is 0 Å². The Kier molecular flexibility index (Phi) is 5.05. The summed E-state index contributed by atoms with van der Waals surface area (Å²) in [5.41, 5.74) is 6.58. The molecule has 0 atom stereocenters. The van der Waals surface area contributed by atoms with Gasteiger partial charge in [0.05, 0.1) is 13.2 Å². The van der Waals surface area contributed by atoms with Crippen LogP contribution in [0.2, 0.25) is 0 Å². The summed E-state index contributed by atoms with van der Waals surface area (Å²) in [6.07, 6.45) is 0.944. The minimum absolute atomic E-state index is 0.596. The van der Waals surface area contributed by atoms with E-state index in [0.717, 1.165) is 17.5 Å². The molecule has 2 N–H and O–H groups in total. The standard InChI is InChI=1S/C10H14BrNO/c11-10-3-1-2-9(8-10)4-6-13-7-5-12/h1-3,8H,4-7,12H2. The van der Waals surface area contributed by atoms with Crippen molar-refractivity contribution in [2.24, 2.45) is 5.73 Å². The van der Waals surface area contributed by atoms with E-state index in [-0.39, 0.29) is 0 Å². The molecule has 0 saturated heterocycles. The van der Waals surface area contributed by atoms with Crippen molar-refractivity contribution < 1.29 is 4.74 Å². The summed E-state index contributed by atoms with van der Waals surface area (Å²) < 4.78 is 6.40. The van der Waals surface area contributed by atoms with Gasteiger partial charge in [-0.15, -0.1) is 0 Å². The van der Waals surface area contributed by atoms with E-state index in [1.165, 1.54) is 5.56 Å². The average Bonchev–Trinajstić information content (AvgIpc) is 2.13. The number of hydrogen-bond donors (Lipinski definition) is 1. The van der Waals surface area contributed by atoms with E-state index in [2.05, 4.69) is 28.1 Å². The van der Waals surface area contributed by atoms with Crippen LogP contribution in [0.4, 0.5) is 0 Å². The van der Waals surface area contributed by atoms with Crippen molar-refractivity contribution in [2.75, 3.05) is 19.8 Å². The lowest BCUT2D eigenvalue weighted by atomic mass is 10.2. The number of hydrogen-bond acceptors (Lipinski definition) is 2. The predicted octanol–water partition coefficient (Wildman–Crippen LogP) is 1.97. The highest BCUT2D eigenvalue weighted by Crippen LogP contribution is 2.11. The molecule has 0 amide bonds. The summed E-state index contributed by atoms with van der Waals surface area (Å²) in [6.45, 7) is 1.99. The van der Waals surface area contributed by atoms with Crippen LogP contribution in [0, 0.1) is 0 Å². The third-order valence-corrected chi connectivity index (χ3v) is 2.18. The molecule has 0 bridgehead atoms. The van der Waals surface area contributed by atoms with Crippen molar-refractivity contribution in [1.82, 2.24) is 0 Å². The number of nitrogens with two attached hydrogens (primary N) is 1. The lowest BCUT2D eigenvalue weighted by Gasteiger charge is -2.02. The van der Waals surface area contributed by atoms with Crippen LogP contribution in [0.1, 0.15) is 5.56 Å². The lowest BCUT2D eigenvalue weighted by Crippen LogP contribution is -2.10. The van der Waals surface area contributed by atoms with E-state index in [4.69, 9.17) is 10.5 Å². The summed E-state index contributed by atoms with van der Waals surface area (Å²) in [5, 5.41) is 0. The summed E-state index contributed by atoms with van der Waals surface area (Å²) in [7, 11) is 0. The van der Waals surface area contributed by atoms with Crippen molar-refractivity contribution in [2.45, 2.75) is 6.42 Å². The minimum Gasteiger partial charge on any atom is -0.380 e. The molecule has 0 aliphatic carbocycles. The number of rotatable bonds is 5. The fourth-order valence-electron chi connectivity index (χ4n) is 1.07. The van der Waals surface area contributed by atoms with Crippen molar-refractivity contribution in [3.63, 3.8) is 0 Å². The van der Waals surface area contributed by atoms with Crippen LogP contribution in [0.15, 0.2) is 28.7 Å². The van der Waals surface area contributed by atoms with Crippen molar-refractivity contribution >= 4 is 15.9 Å². The van der Waals surface area contributed by atoms with Crippen LogP contribution in [0.25, 0.3) is 0 Å². The molecule has 0 spiro atoms. The molecule has 0 unspecified atom stereocenters. The highest BCUT2D eigenvalue weighted by Gasteiger charge is 1.93. The van der Waals surface area contributed by atoms with Gasteiger partial charge in [-0.25, -0.2) is 0 Å². The van der Waals surface area contributed by atoms with Crippen LogP contribution in [-0.4, -0.2) is 19.8 Å². The maximum Gasteiger partial charge on any atom is 0.0588 e. The molecule has 0 aliphatic heterocycles. The smallest absolute Gasteiger partial charge is 0.0588 e. The second-order valence-electron chi connectivity index (χ2n) is 2.78. The molecular weight excluding hydrogens is 230 g/mol. The van der Waals surface area contributed by atoms with Gasteiger partial charge in [-0.3, -0.25) is 0 Å². The second-order valence-corrected chi connectivity index (χ2v) is 3.70. The molecule has 2 nitrogen and oxygen atoms in total. The first kappa shape index (κ1) is 10.7. The molecule has 0 heterocycles. The normalized spacial score (nSPS) is 10.3. The molecule has 0 aliphatic rings. The second kappa shape index (κ2) is 6.13. The van der Waals surface area contributed by atoms with Gasteiger partial charge in [0.15, 0.2) is 0 Å². The third kappa shape index (κ3) is 4.41. The van der Waals surface area contributed by atoms with Gasteiger partial charge in [0, 0.05) is 11.0 Å². The fraction of sp³-hybridized carbons (Fsp3) is 0.400. The zero-order chi connectivity index (χ0) is 9.52. The lowest BCUT2D eigenvalue weighted by molar-refractivity contribution is 0.145. The monoisotopic (exact) mass is 243 g/mol. The zero-order valence-electron chi connectivity index (χ0n) is 7.50. The molecule has 0 aromatic heterocycles. The van der Waals surface area contributed by atoms with Crippen molar-refractivity contribution in [3.8, 4) is 0 Å². The first-order valence-electron chi connectivity index (χ1n) is 4.35. The average molecular weight is 244 g/mol. The van der Waals surface area contributed by atoms with Gasteiger partial charge in [0.25, 0.3) is 0 Å². The Morgan fingerprint density at radius 1 is 1.31 bits per heavy atom. The van der Waals surface area contributed by atoms with Crippen LogP contribution < -0.4 is 5.73 Å². The minimum atomic E-state index is 0.596. The molecule has 1 aromatic rings. The molecule has 13 heavy (non-hydrogen) atoms. The Balaban J connectivity index is 2.28. The number of ether oxygens (including phenoxy) is 1. The van der Waals surface area contributed by atoms with Gasteiger partial charge in [0.2, 0.25) is 0 Å². The highest BCUT2D eigenvalue weighted by atomic mass is 79.9. The highest BCUT2D eigenvalue weighted by molar-refractivity contribution is 9.10. The van der Waals surface area contributed by atoms with E-state index in [1.807, 2.05) is 12.1 Å². The zero-order valence-corrected chi connectivity index (χ0v) is 9.09. The van der Waals surface area contributed by atoms with E-state index in [0.29, 0.717) is 13.2 Å². The van der Waals surface area contributed by atoms with E-state index < -0.39 is 0 Å². The maximum atomic E-state index is 5.30. The van der Waals surface area contributed by atoms with Crippen LogP contribution in [0.5, 0.6) is 0 Å². The molecule has 0 fully saturated rings. The first-order chi connectivity index (χ1) is 6.33. The van der Waals surface area contributed by atoms with Gasteiger partial charge in [-0.2, -0.15) is 0 Å². The van der Waals surface area contributed by atoms with Gasteiger partial charge < -0.3 is 10.5 Å².